The number of benzene rings is 2. The normalized spacial score (nSPS) is 10.8. The van der Waals surface area contributed by atoms with Crippen molar-refractivity contribution in [3.8, 4) is 5.69 Å². The number of aliphatic hydroxyl groups is 1. The minimum absolute atomic E-state index is 0.0864. The van der Waals surface area contributed by atoms with Crippen LogP contribution in [0, 0.1) is 6.92 Å². The Morgan fingerprint density at radius 1 is 1.11 bits per heavy atom. The number of aryl methyl sites for hydroxylation is 1. The second-order valence-electron chi connectivity index (χ2n) is 7.94. The summed E-state index contributed by atoms with van der Waals surface area (Å²) in [5, 5.41) is 24.5. The number of carbonyl (C=O) groups is 1. The highest BCUT2D eigenvalue weighted by molar-refractivity contribution is 7.98. The number of rotatable bonds is 8. The first kappa shape index (κ1) is 29.0. The fourth-order valence-corrected chi connectivity index (χ4v) is 5.19. The van der Waals surface area contributed by atoms with Crippen molar-refractivity contribution >= 4 is 69.4 Å². The molecule has 12 heteroatoms. The smallest absolute Gasteiger partial charge is 0.300 e. The van der Waals surface area contributed by atoms with Crippen LogP contribution in [0.1, 0.15) is 24.7 Å². The van der Waals surface area contributed by atoms with E-state index in [1.54, 1.807) is 16.8 Å². The third kappa shape index (κ3) is 7.27. The van der Waals surface area contributed by atoms with Crippen molar-refractivity contribution in [2.24, 2.45) is 0 Å². The van der Waals surface area contributed by atoms with Crippen LogP contribution in [0.2, 0.25) is 15.1 Å². The molecule has 0 radical (unpaired) electrons. The Labute approximate surface area is 234 Å². The lowest BCUT2D eigenvalue weighted by atomic mass is 10.2. The minimum Gasteiger partial charge on any atom is -0.481 e. The van der Waals surface area contributed by atoms with Crippen LogP contribution in [0.25, 0.3) is 16.7 Å². The summed E-state index contributed by atoms with van der Waals surface area (Å²) in [5.41, 5.74) is 2.26. The maximum absolute atomic E-state index is 9.51. The standard InChI is InChI=1S/C23H22Cl3N5OS.C2H4O2/c1-14-27-21(30(9-6-10-32)13-15-7-4-3-5-8-15)19-22(28-14)31(29-23(19)33-2)20-17(25)11-16(24)12-18(20)26;1-2(3)4/h3-5,7-8,11-12,32H,6,9-10,13H2,1-2H3;1H3,(H,3,4). The lowest BCUT2D eigenvalue weighted by Crippen LogP contribution is -2.26. The first-order valence-corrected chi connectivity index (χ1v) is 13.6. The van der Waals surface area contributed by atoms with Gasteiger partial charge in [-0.25, -0.2) is 14.6 Å². The molecule has 0 aliphatic carbocycles. The zero-order valence-corrected chi connectivity index (χ0v) is 23.5. The number of carboxylic acid groups (broad SMARTS) is 1. The second-order valence-corrected chi connectivity index (χ2v) is 9.98. The van der Waals surface area contributed by atoms with Gasteiger partial charge in [-0.1, -0.05) is 65.1 Å². The molecule has 2 aromatic carbocycles. The third-order valence-electron chi connectivity index (χ3n) is 5.08. The SMILES string of the molecule is CC(=O)O.CSc1nn(-c2c(Cl)cc(Cl)cc2Cl)c2nc(C)nc(N(CCCO)Cc3ccccc3)c12. The molecule has 2 N–H and O–H groups in total. The number of thioether (sulfide) groups is 1. The summed E-state index contributed by atoms with van der Waals surface area (Å²) in [5.74, 6) is 0.515. The van der Waals surface area contributed by atoms with Gasteiger partial charge in [0.1, 0.15) is 22.4 Å². The van der Waals surface area contributed by atoms with Crippen LogP contribution in [0.5, 0.6) is 0 Å². The average molecular weight is 583 g/mol. The molecule has 4 aromatic rings. The largest absolute Gasteiger partial charge is 0.481 e. The predicted molar refractivity (Wildman–Crippen MR) is 151 cm³/mol. The summed E-state index contributed by atoms with van der Waals surface area (Å²) in [4.78, 5) is 20.7. The van der Waals surface area contributed by atoms with Gasteiger partial charge in [-0.2, -0.15) is 5.10 Å². The molecule has 0 saturated heterocycles. The molecule has 4 rings (SSSR count). The second kappa shape index (κ2) is 13.3. The van der Waals surface area contributed by atoms with E-state index in [0.29, 0.717) is 51.7 Å². The number of nitrogens with zero attached hydrogens (tertiary/aromatic N) is 5. The monoisotopic (exact) mass is 581 g/mol. The number of anilines is 1. The van der Waals surface area contributed by atoms with Gasteiger partial charge in [-0.15, -0.1) is 11.8 Å². The number of aliphatic carboxylic acids is 1. The number of aliphatic hydroxyl groups excluding tert-OH is 1. The molecular formula is C25H26Cl3N5O3S. The maximum Gasteiger partial charge on any atom is 0.300 e. The number of fused-ring (bicyclic) bond motifs is 1. The van der Waals surface area contributed by atoms with Gasteiger partial charge in [0.25, 0.3) is 5.97 Å². The van der Waals surface area contributed by atoms with Gasteiger partial charge >= 0.3 is 0 Å². The van der Waals surface area contributed by atoms with Gasteiger partial charge in [0.2, 0.25) is 0 Å². The Bertz CT molecular complexity index is 1360. The van der Waals surface area contributed by atoms with Gasteiger partial charge in [0, 0.05) is 31.6 Å². The predicted octanol–water partition coefficient (Wildman–Crippen LogP) is 6.29. The van der Waals surface area contributed by atoms with Gasteiger partial charge in [0.15, 0.2) is 5.65 Å². The van der Waals surface area contributed by atoms with Crippen molar-refractivity contribution in [1.82, 2.24) is 19.7 Å². The van der Waals surface area contributed by atoms with E-state index in [0.717, 1.165) is 28.7 Å². The van der Waals surface area contributed by atoms with E-state index >= 15 is 0 Å². The summed E-state index contributed by atoms with van der Waals surface area (Å²) in [6.45, 7) is 4.27. The number of carboxylic acids is 1. The molecule has 0 atom stereocenters. The number of hydrogen-bond donors (Lipinski definition) is 2. The van der Waals surface area contributed by atoms with Crippen LogP contribution in [-0.4, -0.2) is 55.3 Å². The lowest BCUT2D eigenvalue weighted by Gasteiger charge is -2.25. The number of aromatic nitrogens is 4. The minimum atomic E-state index is -0.833. The Kier molecular flexibility index (Phi) is 10.4. The number of halogens is 3. The molecule has 196 valence electrons. The van der Waals surface area contributed by atoms with Gasteiger partial charge in [-0.05, 0) is 37.3 Å². The van der Waals surface area contributed by atoms with Crippen LogP contribution < -0.4 is 4.90 Å². The van der Waals surface area contributed by atoms with Crippen molar-refractivity contribution in [3.05, 3.63) is 68.9 Å². The van der Waals surface area contributed by atoms with Crippen LogP contribution in [0.15, 0.2) is 47.5 Å². The molecule has 0 saturated carbocycles. The fourth-order valence-electron chi connectivity index (χ4n) is 3.67. The van der Waals surface area contributed by atoms with Gasteiger partial charge in [-0.3, -0.25) is 4.79 Å². The molecule has 0 aliphatic heterocycles. The topological polar surface area (TPSA) is 104 Å². The molecule has 0 bridgehead atoms. The van der Waals surface area contributed by atoms with Crippen molar-refractivity contribution in [3.63, 3.8) is 0 Å². The van der Waals surface area contributed by atoms with Gasteiger partial charge in [0.05, 0.1) is 15.4 Å². The van der Waals surface area contributed by atoms with Crippen molar-refractivity contribution in [2.45, 2.75) is 31.8 Å². The van der Waals surface area contributed by atoms with E-state index in [1.807, 2.05) is 31.4 Å². The molecule has 0 amide bonds. The van der Waals surface area contributed by atoms with Crippen molar-refractivity contribution in [1.29, 1.82) is 0 Å². The highest BCUT2D eigenvalue weighted by atomic mass is 35.5. The molecule has 2 aromatic heterocycles. The lowest BCUT2D eigenvalue weighted by molar-refractivity contribution is -0.134. The zero-order chi connectivity index (χ0) is 27.1. The summed E-state index contributed by atoms with van der Waals surface area (Å²) >= 11 is 20.7. The van der Waals surface area contributed by atoms with Crippen LogP contribution in [-0.2, 0) is 11.3 Å². The molecule has 37 heavy (non-hydrogen) atoms. The van der Waals surface area contributed by atoms with Crippen LogP contribution >= 0.6 is 46.6 Å². The fraction of sp³-hybridized carbons (Fsp3) is 0.280. The van der Waals surface area contributed by atoms with Crippen molar-refractivity contribution < 1.29 is 15.0 Å². The summed E-state index contributed by atoms with van der Waals surface area (Å²) in [6.07, 6.45) is 2.56. The first-order chi connectivity index (χ1) is 17.7. The molecule has 0 aliphatic rings. The van der Waals surface area contributed by atoms with E-state index in [4.69, 9.17) is 59.8 Å². The van der Waals surface area contributed by atoms with E-state index in [-0.39, 0.29) is 6.61 Å². The Morgan fingerprint density at radius 2 is 1.73 bits per heavy atom. The van der Waals surface area contributed by atoms with E-state index < -0.39 is 5.97 Å². The Balaban J connectivity index is 0.000000886. The van der Waals surface area contributed by atoms with Crippen molar-refractivity contribution in [2.75, 3.05) is 24.3 Å². The molecule has 0 fully saturated rings. The number of hydrogen-bond acceptors (Lipinski definition) is 7. The molecule has 0 spiro atoms. The summed E-state index contributed by atoms with van der Waals surface area (Å²) < 4.78 is 1.66. The first-order valence-electron chi connectivity index (χ1n) is 11.2. The van der Waals surface area contributed by atoms with Crippen LogP contribution in [0.4, 0.5) is 5.82 Å². The zero-order valence-electron chi connectivity index (χ0n) is 20.5. The summed E-state index contributed by atoms with van der Waals surface area (Å²) in [6, 6.07) is 13.4. The van der Waals surface area contributed by atoms with Crippen LogP contribution in [0.3, 0.4) is 0 Å². The average Bonchev–Trinajstić information content (AvgIpc) is 3.19. The van der Waals surface area contributed by atoms with E-state index in [2.05, 4.69) is 17.0 Å². The Hall–Kier alpha value is -2.56. The highest BCUT2D eigenvalue weighted by Gasteiger charge is 2.24. The molecule has 0 unspecified atom stereocenters. The Morgan fingerprint density at radius 3 is 2.30 bits per heavy atom. The molecule has 8 nitrogen and oxygen atoms in total. The third-order valence-corrected chi connectivity index (χ3v) is 6.54. The molecular weight excluding hydrogens is 557 g/mol. The van der Waals surface area contributed by atoms with E-state index in [9.17, 15) is 5.11 Å². The maximum atomic E-state index is 9.51. The van der Waals surface area contributed by atoms with Gasteiger partial charge < -0.3 is 15.1 Å². The van der Waals surface area contributed by atoms with E-state index in [1.165, 1.54) is 11.8 Å². The molecule has 2 heterocycles. The quantitative estimate of drug-likeness (QED) is 0.234. The summed E-state index contributed by atoms with van der Waals surface area (Å²) in [7, 11) is 0. The highest BCUT2D eigenvalue weighted by Crippen LogP contribution is 2.38.